The molecule has 0 atom stereocenters. The van der Waals surface area contributed by atoms with E-state index < -0.39 is 0 Å². The third-order valence-corrected chi connectivity index (χ3v) is 1.72. The van der Waals surface area contributed by atoms with Crippen LogP contribution in [0.15, 0.2) is 36.9 Å². The minimum absolute atomic E-state index is 0.684. The Kier molecular flexibility index (Phi) is 1.96. The van der Waals surface area contributed by atoms with Crippen molar-refractivity contribution in [1.82, 2.24) is 14.8 Å². The average molecular weight is 174 g/mol. The summed E-state index contributed by atoms with van der Waals surface area (Å²) in [6, 6.07) is 3.91. The van der Waals surface area contributed by atoms with E-state index in [2.05, 4.69) is 10.1 Å². The fraction of sp³-hybridized carbons (Fsp3) is 0.111. The van der Waals surface area contributed by atoms with Crippen molar-refractivity contribution in [3.05, 3.63) is 42.5 Å². The lowest BCUT2D eigenvalue weighted by Gasteiger charge is -1.99. The van der Waals surface area contributed by atoms with Gasteiger partial charge in [0.05, 0.1) is 18.4 Å². The first-order valence-electron chi connectivity index (χ1n) is 4.01. The van der Waals surface area contributed by atoms with Gasteiger partial charge in [-0.1, -0.05) is 6.07 Å². The Morgan fingerprint density at radius 1 is 1.38 bits per heavy atom. The van der Waals surface area contributed by atoms with Gasteiger partial charge in [-0.3, -0.25) is 9.67 Å². The van der Waals surface area contributed by atoms with E-state index in [-0.39, 0.29) is 0 Å². The first-order chi connectivity index (χ1) is 6.34. The number of nitrogen functional groups attached to an aromatic ring is 1. The molecule has 0 radical (unpaired) electrons. The highest BCUT2D eigenvalue weighted by atomic mass is 15.3. The molecule has 0 saturated carbocycles. The summed E-state index contributed by atoms with van der Waals surface area (Å²) in [5, 5.41) is 4.07. The van der Waals surface area contributed by atoms with Crippen molar-refractivity contribution in [3.8, 4) is 0 Å². The fourth-order valence-electron chi connectivity index (χ4n) is 1.14. The van der Waals surface area contributed by atoms with Crippen molar-refractivity contribution in [2.45, 2.75) is 6.54 Å². The first-order valence-corrected chi connectivity index (χ1v) is 4.01. The van der Waals surface area contributed by atoms with E-state index in [9.17, 15) is 0 Å². The quantitative estimate of drug-likeness (QED) is 0.736. The van der Waals surface area contributed by atoms with Gasteiger partial charge in [0.2, 0.25) is 0 Å². The number of rotatable bonds is 2. The van der Waals surface area contributed by atoms with Crippen LogP contribution < -0.4 is 5.73 Å². The number of pyridine rings is 1. The van der Waals surface area contributed by atoms with E-state index in [1.54, 1.807) is 23.3 Å². The monoisotopic (exact) mass is 174 g/mol. The molecule has 13 heavy (non-hydrogen) atoms. The minimum atomic E-state index is 0.684. The molecule has 2 aromatic heterocycles. The third kappa shape index (κ3) is 1.84. The highest BCUT2D eigenvalue weighted by Gasteiger charge is 1.95. The summed E-state index contributed by atoms with van der Waals surface area (Å²) in [5.41, 5.74) is 7.33. The van der Waals surface area contributed by atoms with Crippen LogP contribution in [0.5, 0.6) is 0 Å². The Balaban J connectivity index is 2.15. The Morgan fingerprint density at radius 3 is 2.92 bits per heavy atom. The Bertz CT molecular complexity index is 380. The number of hydrogen-bond acceptors (Lipinski definition) is 3. The summed E-state index contributed by atoms with van der Waals surface area (Å²) in [6.45, 7) is 0.713. The molecule has 0 saturated heterocycles. The van der Waals surface area contributed by atoms with E-state index in [1.807, 2.05) is 18.3 Å². The van der Waals surface area contributed by atoms with E-state index in [1.165, 1.54) is 0 Å². The highest BCUT2D eigenvalue weighted by Crippen LogP contribution is 2.02. The second-order valence-electron chi connectivity index (χ2n) is 2.83. The topological polar surface area (TPSA) is 56.7 Å². The SMILES string of the molecule is Nc1cnn(Cc2cccnc2)c1. The predicted molar refractivity (Wildman–Crippen MR) is 50.0 cm³/mol. The summed E-state index contributed by atoms with van der Waals surface area (Å²) in [7, 11) is 0. The Morgan fingerprint density at radius 2 is 2.31 bits per heavy atom. The number of nitrogens with two attached hydrogens (primary N) is 1. The van der Waals surface area contributed by atoms with Crippen LogP contribution in [0, 0.1) is 0 Å². The van der Waals surface area contributed by atoms with Gasteiger partial charge in [-0.25, -0.2) is 0 Å². The number of aromatic nitrogens is 3. The predicted octanol–water partition coefficient (Wildman–Crippen LogP) is 0.909. The molecule has 0 aromatic carbocycles. The lowest BCUT2D eigenvalue weighted by Crippen LogP contribution is -1.99. The van der Waals surface area contributed by atoms with Gasteiger partial charge < -0.3 is 5.73 Å². The average Bonchev–Trinajstić information content (AvgIpc) is 2.53. The molecule has 0 aliphatic heterocycles. The third-order valence-electron chi connectivity index (χ3n) is 1.72. The zero-order valence-electron chi connectivity index (χ0n) is 7.09. The maximum absolute atomic E-state index is 5.53. The normalized spacial score (nSPS) is 10.2. The van der Waals surface area contributed by atoms with E-state index in [4.69, 9.17) is 5.73 Å². The largest absolute Gasteiger partial charge is 0.396 e. The van der Waals surface area contributed by atoms with Crippen molar-refractivity contribution in [2.75, 3.05) is 5.73 Å². The fourth-order valence-corrected chi connectivity index (χ4v) is 1.14. The molecule has 0 amide bonds. The molecule has 4 nitrogen and oxygen atoms in total. The molecule has 0 fully saturated rings. The van der Waals surface area contributed by atoms with Crippen molar-refractivity contribution in [2.24, 2.45) is 0 Å². The molecule has 2 heterocycles. The van der Waals surface area contributed by atoms with Crippen molar-refractivity contribution < 1.29 is 0 Å². The van der Waals surface area contributed by atoms with Crippen LogP contribution in [0.4, 0.5) is 5.69 Å². The number of nitrogens with zero attached hydrogens (tertiary/aromatic N) is 3. The van der Waals surface area contributed by atoms with Gasteiger partial charge >= 0.3 is 0 Å². The number of anilines is 1. The van der Waals surface area contributed by atoms with Crippen LogP contribution in [0.2, 0.25) is 0 Å². The summed E-state index contributed by atoms with van der Waals surface area (Å²) < 4.78 is 1.78. The Hall–Kier alpha value is -1.84. The van der Waals surface area contributed by atoms with Crippen molar-refractivity contribution in [3.63, 3.8) is 0 Å². The van der Waals surface area contributed by atoms with Crippen LogP contribution in [0.3, 0.4) is 0 Å². The number of hydrogen-bond donors (Lipinski definition) is 1. The maximum atomic E-state index is 5.53. The molecule has 2 rings (SSSR count). The van der Waals surface area contributed by atoms with Gasteiger partial charge in [0.15, 0.2) is 0 Å². The smallest absolute Gasteiger partial charge is 0.0719 e. The van der Waals surface area contributed by atoms with E-state index in [0.717, 1.165) is 5.56 Å². The summed E-state index contributed by atoms with van der Waals surface area (Å²) in [4.78, 5) is 4.02. The van der Waals surface area contributed by atoms with Crippen LogP contribution in [0.1, 0.15) is 5.56 Å². The van der Waals surface area contributed by atoms with E-state index >= 15 is 0 Å². The second-order valence-corrected chi connectivity index (χ2v) is 2.83. The second kappa shape index (κ2) is 3.26. The maximum Gasteiger partial charge on any atom is 0.0719 e. The van der Waals surface area contributed by atoms with Gasteiger partial charge in [0.25, 0.3) is 0 Å². The van der Waals surface area contributed by atoms with Crippen molar-refractivity contribution >= 4 is 5.69 Å². The van der Waals surface area contributed by atoms with Crippen LogP contribution in [-0.4, -0.2) is 14.8 Å². The van der Waals surface area contributed by atoms with Crippen molar-refractivity contribution in [1.29, 1.82) is 0 Å². The lowest BCUT2D eigenvalue weighted by molar-refractivity contribution is 0.685. The standard InChI is InChI=1S/C9H10N4/c10-9-5-12-13(7-9)6-8-2-1-3-11-4-8/h1-5,7H,6,10H2. The van der Waals surface area contributed by atoms with Gasteiger partial charge in [-0.2, -0.15) is 5.10 Å². The summed E-state index contributed by atoms with van der Waals surface area (Å²) in [5.74, 6) is 0. The molecule has 0 aliphatic carbocycles. The van der Waals surface area contributed by atoms with Gasteiger partial charge in [-0.05, 0) is 11.6 Å². The molecule has 2 N–H and O–H groups in total. The summed E-state index contributed by atoms with van der Waals surface area (Å²) in [6.07, 6.45) is 7.00. The lowest BCUT2D eigenvalue weighted by atomic mass is 10.3. The highest BCUT2D eigenvalue weighted by molar-refractivity contribution is 5.30. The molecule has 2 aromatic rings. The minimum Gasteiger partial charge on any atom is -0.396 e. The molecule has 0 bridgehead atoms. The molecule has 4 heteroatoms. The molecular weight excluding hydrogens is 164 g/mol. The molecular formula is C9H10N4. The molecule has 0 spiro atoms. The molecule has 66 valence electrons. The van der Waals surface area contributed by atoms with Gasteiger partial charge in [0, 0.05) is 18.6 Å². The first kappa shape index (κ1) is 7.79. The summed E-state index contributed by atoms with van der Waals surface area (Å²) >= 11 is 0. The van der Waals surface area contributed by atoms with Gasteiger partial charge in [0.1, 0.15) is 0 Å². The van der Waals surface area contributed by atoms with Crippen LogP contribution in [0.25, 0.3) is 0 Å². The molecule has 0 unspecified atom stereocenters. The molecule has 0 aliphatic rings. The van der Waals surface area contributed by atoms with Gasteiger partial charge in [-0.15, -0.1) is 0 Å². The van der Waals surface area contributed by atoms with Crippen LogP contribution >= 0.6 is 0 Å². The zero-order valence-corrected chi connectivity index (χ0v) is 7.09. The van der Waals surface area contributed by atoms with Crippen LogP contribution in [-0.2, 0) is 6.54 Å². The zero-order chi connectivity index (χ0) is 9.10. The van der Waals surface area contributed by atoms with E-state index in [0.29, 0.717) is 12.2 Å². The Labute approximate surface area is 76.0 Å².